The highest BCUT2D eigenvalue weighted by molar-refractivity contribution is 5.90. The standard InChI is InChI=1S/C19H23N3O3/c1-19(2,3)25-18(24)21-15(14-9-5-4-6-10-14)13-17(23)22-16-11-7-8-12-20-16/h4-12,15H,13H2,1-3H3,(H,21,24)(H,20,22,23). The molecule has 0 aliphatic heterocycles. The molecule has 1 aromatic carbocycles. The lowest BCUT2D eigenvalue weighted by Crippen LogP contribution is -2.36. The molecule has 0 aliphatic carbocycles. The smallest absolute Gasteiger partial charge is 0.408 e. The molecule has 0 aliphatic rings. The Hall–Kier alpha value is -2.89. The topological polar surface area (TPSA) is 80.3 Å². The maximum Gasteiger partial charge on any atom is 0.408 e. The number of aromatic nitrogens is 1. The minimum absolute atomic E-state index is 0.0693. The van der Waals surface area contributed by atoms with Crippen molar-refractivity contribution in [3.8, 4) is 0 Å². The molecular weight excluding hydrogens is 318 g/mol. The number of rotatable bonds is 5. The first-order chi connectivity index (χ1) is 11.8. The van der Waals surface area contributed by atoms with Gasteiger partial charge in [-0.15, -0.1) is 0 Å². The second-order valence-corrected chi connectivity index (χ2v) is 6.58. The molecule has 2 N–H and O–H groups in total. The molecule has 0 fully saturated rings. The van der Waals surface area contributed by atoms with Crippen LogP contribution in [0, 0.1) is 0 Å². The van der Waals surface area contributed by atoms with Gasteiger partial charge >= 0.3 is 6.09 Å². The first kappa shape index (κ1) is 18.4. The van der Waals surface area contributed by atoms with E-state index in [-0.39, 0.29) is 12.3 Å². The van der Waals surface area contributed by atoms with Crippen LogP contribution >= 0.6 is 0 Å². The summed E-state index contributed by atoms with van der Waals surface area (Å²) in [7, 11) is 0. The number of hydrogen-bond acceptors (Lipinski definition) is 4. The van der Waals surface area contributed by atoms with E-state index in [9.17, 15) is 9.59 Å². The third-order valence-electron chi connectivity index (χ3n) is 3.21. The van der Waals surface area contributed by atoms with Crippen LogP contribution in [-0.4, -0.2) is 22.6 Å². The van der Waals surface area contributed by atoms with Gasteiger partial charge in [0.15, 0.2) is 0 Å². The minimum Gasteiger partial charge on any atom is -0.444 e. The van der Waals surface area contributed by atoms with Gasteiger partial charge in [0.2, 0.25) is 5.91 Å². The molecule has 2 amide bonds. The maximum absolute atomic E-state index is 12.3. The highest BCUT2D eigenvalue weighted by atomic mass is 16.6. The molecule has 0 saturated carbocycles. The molecule has 1 atom stereocenters. The Morgan fingerprint density at radius 1 is 1.08 bits per heavy atom. The monoisotopic (exact) mass is 341 g/mol. The number of nitrogens with zero attached hydrogens (tertiary/aromatic N) is 1. The van der Waals surface area contributed by atoms with Crippen molar-refractivity contribution in [3.05, 3.63) is 60.3 Å². The van der Waals surface area contributed by atoms with Gasteiger partial charge in [-0.3, -0.25) is 4.79 Å². The number of nitrogens with one attached hydrogen (secondary N) is 2. The second-order valence-electron chi connectivity index (χ2n) is 6.58. The van der Waals surface area contributed by atoms with Crippen molar-refractivity contribution in [1.29, 1.82) is 0 Å². The molecular formula is C19H23N3O3. The van der Waals surface area contributed by atoms with E-state index in [0.717, 1.165) is 5.56 Å². The fourth-order valence-corrected chi connectivity index (χ4v) is 2.20. The minimum atomic E-state index is -0.610. The van der Waals surface area contributed by atoms with Crippen molar-refractivity contribution in [1.82, 2.24) is 10.3 Å². The first-order valence-electron chi connectivity index (χ1n) is 8.09. The predicted octanol–water partition coefficient (Wildman–Crippen LogP) is 3.68. The summed E-state index contributed by atoms with van der Waals surface area (Å²) in [6.07, 6.45) is 1.11. The molecule has 1 unspecified atom stereocenters. The van der Waals surface area contributed by atoms with Crippen LogP contribution in [0.1, 0.15) is 38.8 Å². The number of benzene rings is 1. The zero-order valence-electron chi connectivity index (χ0n) is 14.7. The van der Waals surface area contributed by atoms with Gasteiger partial charge in [0.1, 0.15) is 11.4 Å². The van der Waals surface area contributed by atoms with Crippen LogP contribution in [0.15, 0.2) is 54.7 Å². The molecule has 0 radical (unpaired) electrons. The van der Waals surface area contributed by atoms with Crippen molar-refractivity contribution in [2.75, 3.05) is 5.32 Å². The molecule has 2 rings (SSSR count). The lowest BCUT2D eigenvalue weighted by Gasteiger charge is -2.23. The highest BCUT2D eigenvalue weighted by Crippen LogP contribution is 2.18. The summed E-state index contributed by atoms with van der Waals surface area (Å²) in [5.74, 6) is 0.222. The lowest BCUT2D eigenvalue weighted by atomic mass is 10.0. The van der Waals surface area contributed by atoms with E-state index in [1.54, 1.807) is 45.2 Å². The Morgan fingerprint density at radius 3 is 2.36 bits per heavy atom. The van der Waals surface area contributed by atoms with E-state index in [0.29, 0.717) is 5.82 Å². The van der Waals surface area contributed by atoms with E-state index in [1.165, 1.54) is 0 Å². The fraction of sp³-hybridized carbons (Fsp3) is 0.316. The van der Waals surface area contributed by atoms with Crippen LogP contribution < -0.4 is 10.6 Å². The van der Waals surface area contributed by atoms with Crippen molar-refractivity contribution in [3.63, 3.8) is 0 Å². The van der Waals surface area contributed by atoms with Crippen molar-refractivity contribution in [2.24, 2.45) is 0 Å². The zero-order valence-corrected chi connectivity index (χ0v) is 14.7. The predicted molar refractivity (Wildman–Crippen MR) is 96.0 cm³/mol. The lowest BCUT2D eigenvalue weighted by molar-refractivity contribution is -0.116. The number of hydrogen-bond donors (Lipinski definition) is 2. The van der Waals surface area contributed by atoms with Gasteiger partial charge in [-0.1, -0.05) is 36.4 Å². The number of ether oxygens (including phenoxy) is 1. The van der Waals surface area contributed by atoms with Gasteiger partial charge in [-0.2, -0.15) is 0 Å². The average molecular weight is 341 g/mol. The molecule has 0 spiro atoms. The SMILES string of the molecule is CC(C)(C)OC(=O)NC(CC(=O)Nc1ccccn1)c1ccccc1. The Balaban J connectivity index is 2.07. The highest BCUT2D eigenvalue weighted by Gasteiger charge is 2.22. The third kappa shape index (κ3) is 6.63. The van der Waals surface area contributed by atoms with Gasteiger partial charge in [-0.05, 0) is 38.5 Å². The Bertz CT molecular complexity index is 697. The van der Waals surface area contributed by atoms with Crippen LogP contribution in [0.4, 0.5) is 10.6 Å². The quantitative estimate of drug-likeness (QED) is 0.869. The molecule has 25 heavy (non-hydrogen) atoms. The number of alkyl carbamates (subject to hydrolysis) is 1. The molecule has 1 aromatic heterocycles. The molecule has 132 valence electrons. The zero-order chi connectivity index (χ0) is 18.3. The third-order valence-corrected chi connectivity index (χ3v) is 3.21. The Labute approximate surface area is 147 Å². The summed E-state index contributed by atoms with van der Waals surface area (Å²) >= 11 is 0. The Kier molecular flexibility index (Phi) is 6.11. The van der Waals surface area contributed by atoms with Crippen LogP contribution in [0.3, 0.4) is 0 Å². The summed E-state index contributed by atoms with van der Waals surface area (Å²) in [5.41, 5.74) is 0.214. The van der Waals surface area contributed by atoms with E-state index in [1.807, 2.05) is 30.3 Å². The normalized spacial score (nSPS) is 12.1. The van der Waals surface area contributed by atoms with Crippen LogP contribution in [0.5, 0.6) is 0 Å². The van der Waals surface area contributed by atoms with Crippen LogP contribution in [-0.2, 0) is 9.53 Å². The second kappa shape index (κ2) is 8.28. The van der Waals surface area contributed by atoms with E-state index >= 15 is 0 Å². The van der Waals surface area contributed by atoms with Gasteiger partial charge in [0, 0.05) is 6.20 Å². The van der Waals surface area contributed by atoms with Gasteiger partial charge in [0.05, 0.1) is 12.5 Å². The molecule has 6 nitrogen and oxygen atoms in total. The number of carbonyl (C=O) groups is 2. The number of anilines is 1. The number of pyridine rings is 1. The van der Waals surface area contributed by atoms with Crippen molar-refractivity contribution >= 4 is 17.8 Å². The van der Waals surface area contributed by atoms with Crippen molar-refractivity contribution < 1.29 is 14.3 Å². The molecule has 0 saturated heterocycles. The van der Waals surface area contributed by atoms with Gasteiger partial charge < -0.3 is 15.4 Å². The van der Waals surface area contributed by atoms with Gasteiger partial charge in [0.25, 0.3) is 0 Å². The summed E-state index contributed by atoms with van der Waals surface area (Å²) < 4.78 is 5.30. The number of carbonyl (C=O) groups excluding carboxylic acids is 2. The summed E-state index contributed by atoms with van der Waals surface area (Å²) in [6.45, 7) is 5.37. The average Bonchev–Trinajstić information content (AvgIpc) is 2.54. The van der Waals surface area contributed by atoms with E-state index in [4.69, 9.17) is 4.74 Å². The van der Waals surface area contributed by atoms with Crippen molar-refractivity contribution in [2.45, 2.75) is 38.8 Å². The van der Waals surface area contributed by atoms with Gasteiger partial charge in [-0.25, -0.2) is 9.78 Å². The summed E-state index contributed by atoms with van der Waals surface area (Å²) in [4.78, 5) is 28.5. The van der Waals surface area contributed by atoms with Crippen LogP contribution in [0.2, 0.25) is 0 Å². The summed E-state index contributed by atoms with van der Waals surface area (Å²) in [6, 6.07) is 14.1. The molecule has 1 heterocycles. The van der Waals surface area contributed by atoms with Crippen LogP contribution in [0.25, 0.3) is 0 Å². The Morgan fingerprint density at radius 2 is 1.76 bits per heavy atom. The fourth-order valence-electron chi connectivity index (χ4n) is 2.20. The van der Waals surface area contributed by atoms with E-state index in [2.05, 4.69) is 15.6 Å². The maximum atomic E-state index is 12.3. The first-order valence-corrected chi connectivity index (χ1v) is 8.09. The summed E-state index contributed by atoms with van der Waals surface area (Å²) in [5, 5.41) is 5.49. The molecule has 6 heteroatoms. The molecule has 2 aromatic rings. The molecule has 0 bridgehead atoms. The largest absolute Gasteiger partial charge is 0.444 e. The van der Waals surface area contributed by atoms with E-state index < -0.39 is 17.7 Å². The number of amides is 2.